The van der Waals surface area contributed by atoms with Crippen LogP contribution in [0.4, 0.5) is 6.01 Å². The maximum atomic E-state index is 5.21. The lowest BCUT2D eigenvalue weighted by molar-refractivity contribution is 0.432. The molecule has 0 atom stereocenters. The van der Waals surface area contributed by atoms with Gasteiger partial charge in [-0.25, -0.2) is 0 Å². The van der Waals surface area contributed by atoms with Crippen molar-refractivity contribution in [1.29, 1.82) is 0 Å². The summed E-state index contributed by atoms with van der Waals surface area (Å²) in [6, 6.07) is 18.7. The van der Waals surface area contributed by atoms with Gasteiger partial charge < -0.3 is 9.84 Å². The van der Waals surface area contributed by atoms with E-state index in [4.69, 9.17) is 4.52 Å². The molecule has 0 spiro atoms. The summed E-state index contributed by atoms with van der Waals surface area (Å²) in [5, 5.41) is 7.13. The van der Waals surface area contributed by atoms with E-state index in [0.717, 1.165) is 12.0 Å². The third-order valence-corrected chi connectivity index (χ3v) is 3.33. The molecule has 106 valence electrons. The molecular weight excluding hydrogens is 262 g/mol. The van der Waals surface area contributed by atoms with Gasteiger partial charge in [-0.3, -0.25) is 0 Å². The monoisotopic (exact) mass is 279 g/mol. The zero-order chi connectivity index (χ0) is 14.5. The minimum Gasteiger partial charge on any atom is -0.334 e. The van der Waals surface area contributed by atoms with E-state index < -0.39 is 0 Å². The van der Waals surface area contributed by atoms with Crippen LogP contribution in [0.2, 0.25) is 0 Å². The number of hydrogen-bond acceptors (Lipinski definition) is 4. The Morgan fingerprint density at radius 3 is 2.38 bits per heavy atom. The van der Waals surface area contributed by atoms with Crippen molar-refractivity contribution in [2.45, 2.75) is 19.9 Å². The first kappa shape index (κ1) is 13.4. The van der Waals surface area contributed by atoms with Crippen LogP contribution in [-0.2, 0) is 13.0 Å². The number of benzene rings is 2. The second-order valence-electron chi connectivity index (χ2n) is 4.81. The standard InChI is InChI=1S/C17H17N3O/c1-2-13-8-10-14(11-9-13)12-18-17-19-16(20-21-17)15-6-4-3-5-7-15/h3-11H,2,12H2,1H3,(H,18,19,20). The first-order valence-electron chi connectivity index (χ1n) is 7.06. The van der Waals surface area contributed by atoms with Crippen LogP contribution in [0.25, 0.3) is 11.4 Å². The molecule has 0 aliphatic heterocycles. The van der Waals surface area contributed by atoms with E-state index in [9.17, 15) is 0 Å². The zero-order valence-electron chi connectivity index (χ0n) is 11.9. The Balaban J connectivity index is 1.64. The Morgan fingerprint density at radius 2 is 1.67 bits per heavy atom. The van der Waals surface area contributed by atoms with Gasteiger partial charge in [0, 0.05) is 12.1 Å². The highest BCUT2D eigenvalue weighted by molar-refractivity contribution is 5.54. The Hall–Kier alpha value is -2.62. The van der Waals surface area contributed by atoms with Gasteiger partial charge in [-0.15, -0.1) is 0 Å². The second kappa shape index (κ2) is 6.22. The summed E-state index contributed by atoms with van der Waals surface area (Å²) in [7, 11) is 0. The van der Waals surface area contributed by atoms with Crippen molar-refractivity contribution >= 4 is 6.01 Å². The van der Waals surface area contributed by atoms with Gasteiger partial charge in [-0.2, -0.15) is 4.98 Å². The maximum absolute atomic E-state index is 5.21. The highest BCUT2D eigenvalue weighted by Crippen LogP contribution is 2.17. The van der Waals surface area contributed by atoms with Crippen LogP contribution in [0, 0.1) is 0 Å². The third-order valence-electron chi connectivity index (χ3n) is 3.33. The second-order valence-corrected chi connectivity index (χ2v) is 4.81. The van der Waals surface area contributed by atoms with Gasteiger partial charge in [-0.05, 0) is 17.5 Å². The molecule has 0 fully saturated rings. The van der Waals surface area contributed by atoms with Crippen LogP contribution in [0.5, 0.6) is 0 Å². The summed E-state index contributed by atoms with van der Waals surface area (Å²) in [6.07, 6.45) is 1.05. The van der Waals surface area contributed by atoms with Gasteiger partial charge in [0.25, 0.3) is 0 Å². The molecule has 3 aromatic rings. The summed E-state index contributed by atoms with van der Waals surface area (Å²) in [4.78, 5) is 4.34. The average molecular weight is 279 g/mol. The highest BCUT2D eigenvalue weighted by Gasteiger charge is 2.07. The van der Waals surface area contributed by atoms with Crippen LogP contribution < -0.4 is 5.32 Å². The summed E-state index contributed by atoms with van der Waals surface area (Å²) < 4.78 is 5.21. The van der Waals surface area contributed by atoms with Gasteiger partial charge >= 0.3 is 6.01 Å². The quantitative estimate of drug-likeness (QED) is 0.769. The van der Waals surface area contributed by atoms with Crippen molar-refractivity contribution in [3.63, 3.8) is 0 Å². The molecule has 2 aromatic carbocycles. The van der Waals surface area contributed by atoms with Crippen molar-refractivity contribution in [1.82, 2.24) is 10.1 Å². The van der Waals surface area contributed by atoms with E-state index in [-0.39, 0.29) is 0 Å². The number of nitrogens with one attached hydrogen (secondary N) is 1. The molecule has 4 nitrogen and oxygen atoms in total. The lowest BCUT2D eigenvalue weighted by Crippen LogP contribution is -1.99. The van der Waals surface area contributed by atoms with Crippen LogP contribution in [0.15, 0.2) is 59.1 Å². The van der Waals surface area contributed by atoms with E-state index in [1.807, 2.05) is 30.3 Å². The molecule has 0 unspecified atom stereocenters. The SMILES string of the molecule is CCc1ccc(CNc2nc(-c3ccccc3)no2)cc1. The fourth-order valence-electron chi connectivity index (χ4n) is 2.07. The number of aryl methyl sites for hydroxylation is 1. The third kappa shape index (κ3) is 3.28. The molecule has 21 heavy (non-hydrogen) atoms. The van der Waals surface area contributed by atoms with E-state index in [1.165, 1.54) is 11.1 Å². The summed E-state index contributed by atoms with van der Waals surface area (Å²) >= 11 is 0. The zero-order valence-corrected chi connectivity index (χ0v) is 11.9. The molecule has 0 saturated heterocycles. The van der Waals surface area contributed by atoms with Crippen LogP contribution in [0.1, 0.15) is 18.1 Å². The Kier molecular flexibility index (Phi) is 3.96. The van der Waals surface area contributed by atoms with Crippen molar-refractivity contribution in [2.75, 3.05) is 5.32 Å². The molecular formula is C17H17N3O. The smallest absolute Gasteiger partial charge is 0.322 e. The average Bonchev–Trinajstić information content (AvgIpc) is 3.03. The molecule has 1 aromatic heterocycles. The molecule has 0 radical (unpaired) electrons. The van der Waals surface area contributed by atoms with Crippen molar-refractivity contribution in [3.05, 3.63) is 65.7 Å². The maximum Gasteiger partial charge on any atom is 0.322 e. The van der Waals surface area contributed by atoms with Crippen LogP contribution in [0.3, 0.4) is 0 Å². The fourth-order valence-corrected chi connectivity index (χ4v) is 2.07. The van der Waals surface area contributed by atoms with E-state index >= 15 is 0 Å². The van der Waals surface area contributed by atoms with Crippen LogP contribution in [-0.4, -0.2) is 10.1 Å². The minimum absolute atomic E-state index is 0.438. The number of hydrogen-bond donors (Lipinski definition) is 1. The van der Waals surface area contributed by atoms with Crippen LogP contribution >= 0.6 is 0 Å². The minimum atomic E-state index is 0.438. The Bertz CT molecular complexity index is 690. The van der Waals surface area contributed by atoms with Gasteiger partial charge in [0.15, 0.2) is 0 Å². The van der Waals surface area contributed by atoms with E-state index in [0.29, 0.717) is 18.4 Å². The molecule has 1 N–H and O–H groups in total. The largest absolute Gasteiger partial charge is 0.334 e. The summed E-state index contributed by atoms with van der Waals surface area (Å²) in [5.74, 6) is 0.597. The normalized spacial score (nSPS) is 10.5. The Labute approximate surface area is 123 Å². The molecule has 0 bridgehead atoms. The first-order valence-corrected chi connectivity index (χ1v) is 7.06. The fraction of sp³-hybridized carbons (Fsp3) is 0.176. The first-order chi connectivity index (χ1) is 10.3. The highest BCUT2D eigenvalue weighted by atomic mass is 16.5. The van der Waals surface area contributed by atoms with E-state index in [2.05, 4.69) is 46.6 Å². The molecule has 1 heterocycles. The van der Waals surface area contributed by atoms with Crippen molar-refractivity contribution in [3.8, 4) is 11.4 Å². The molecule has 0 aliphatic carbocycles. The number of nitrogens with zero attached hydrogens (tertiary/aromatic N) is 2. The Morgan fingerprint density at radius 1 is 0.952 bits per heavy atom. The van der Waals surface area contributed by atoms with Gasteiger partial charge in [0.1, 0.15) is 0 Å². The number of anilines is 1. The lowest BCUT2D eigenvalue weighted by Gasteiger charge is -2.02. The predicted octanol–water partition coefficient (Wildman–Crippen LogP) is 3.91. The van der Waals surface area contributed by atoms with Gasteiger partial charge in [0.05, 0.1) is 0 Å². The molecule has 3 rings (SSSR count). The molecule has 0 aliphatic rings. The number of aromatic nitrogens is 2. The van der Waals surface area contributed by atoms with Crippen molar-refractivity contribution < 1.29 is 4.52 Å². The molecule has 0 amide bonds. The lowest BCUT2D eigenvalue weighted by atomic mass is 10.1. The van der Waals surface area contributed by atoms with Gasteiger partial charge in [-0.1, -0.05) is 66.7 Å². The molecule has 0 saturated carbocycles. The topological polar surface area (TPSA) is 51.0 Å². The summed E-state index contributed by atoms with van der Waals surface area (Å²) in [5.41, 5.74) is 3.47. The van der Waals surface area contributed by atoms with E-state index in [1.54, 1.807) is 0 Å². The molecule has 4 heteroatoms. The number of rotatable bonds is 5. The van der Waals surface area contributed by atoms with Gasteiger partial charge in [0.2, 0.25) is 5.82 Å². The summed E-state index contributed by atoms with van der Waals surface area (Å²) in [6.45, 7) is 2.82. The predicted molar refractivity (Wildman–Crippen MR) is 82.9 cm³/mol. The van der Waals surface area contributed by atoms with Crippen molar-refractivity contribution in [2.24, 2.45) is 0 Å².